The number of hydrogen-bond acceptors (Lipinski definition) is 1. The lowest BCUT2D eigenvalue weighted by molar-refractivity contribution is 0.0694. The molecule has 1 aliphatic carbocycles. The SMILES string of the molecule is O=C(O)c1c(Br)c[nH]c1C1CCCC1. The highest BCUT2D eigenvalue weighted by Gasteiger charge is 2.25. The van der Waals surface area contributed by atoms with Crippen molar-refractivity contribution in [1.82, 2.24) is 4.98 Å². The summed E-state index contributed by atoms with van der Waals surface area (Å²) in [6, 6.07) is 0. The zero-order chi connectivity index (χ0) is 10.1. The minimum atomic E-state index is -0.847. The summed E-state index contributed by atoms with van der Waals surface area (Å²) in [5.41, 5.74) is 1.30. The number of carbonyl (C=O) groups is 1. The van der Waals surface area contributed by atoms with Gasteiger partial charge in [0.1, 0.15) is 0 Å². The van der Waals surface area contributed by atoms with Gasteiger partial charge in [-0.2, -0.15) is 0 Å². The summed E-state index contributed by atoms with van der Waals surface area (Å²) in [7, 11) is 0. The van der Waals surface area contributed by atoms with E-state index in [1.165, 1.54) is 12.8 Å². The molecule has 0 bridgehead atoms. The van der Waals surface area contributed by atoms with Crippen LogP contribution in [0.15, 0.2) is 10.7 Å². The van der Waals surface area contributed by atoms with Crippen molar-refractivity contribution in [3.8, 4) is 0 Å². The van der Waals surface area contributed by atoms with Crippen LogP contribution in [0.3, 0.4) is 0 Å². The third-order valence-corrected chi connectivity index (χ3v) is 3.47. The molecule has 0 atom stereocenters. The first-order valence-electron chi connectivity index (χ1n) is 4.80. The number of carboxylic acid groups (broad SMARTS) is 1. The second-order valence-corrected chi connectivity index (χ2v) is 4.57. The largest absolute Gasteiger partial charge is 0.478 e. The van der Waals surface area contributed by atoms with E-state index in [9.17, 15) is 4.79 Å². The summed E-state index contributed by atoms with van der Waals surface area (Å²) in [6.45, 7) is 0. The lowest BCUT2D eigenvalue weighted by Crippen LogP contribution is -2.04. The van der Waals surface area contributed by atoms with E-state index in [1.54, 1.807) is 6.20 Å². The second kappa shape index (κ2) is 3.77. The first-order chi connectivity index (χ1) is 6.70. The maximum absolute atomic E-state index is 11.0. The van der Waals surface area contributed by atoms with Crippen LogP contribution in [0.2, 0.25) is 0 Å². The molecule has 0 aliphatic heterocycles. The Morgan fingerprint density at radius 1 is 1.50 bits per heavy atom. The summed E-state index contributed by atoms with van der Waals surface area (Å²) in [5.74, 6) is -0.438. The zero-order valence-electron chi connectivity index (χ0n) is 7.72. The molecule has 1 heterocycles. The van der Waals surface area contributed by atoms with Gasteiger partial charge in [0.2, 0.25) is 0 Å². The number of aromatic carboxylic acids is 1. The van der Waals surface area contributed by atoms with Gasteiger partial charge in [-0.1, -0.05) is 12.8 Å². The average Bonchev–Trinajstić information content (AvgIpc) is 2.70. The Balaban J connectivity index is 2.37. The van der Waals surface area contributed by atoms with Crippen LogP contribution >= 0.6 is 15.9 Å². The Bertz CT molecular complexity index is 353. The Morgan fingerprint density at radius 2 is 2.14 bits per heavy atom. The molecule has 1 aliphatic rings. The number of rotatable bonds is 2. The fourth-order valence-corrected chi connectivity index (χ4v) is 2.67. The number of carboxylic acids is 1. The molecule has 0 radical (unpaired) electrons. The normalized spacial score (nSPS) is 17.5. The highest BCUT2D eigenvalue weighted by atomic mass is 79.9. The van der Waals surface area contributed by atoms with E-state index in [0.717, 1.165) is 18.5 Å². The van der Waals surface area contributed by atoms with E-state index in [1.807, 2.05) is 0 Å². The van der Waals surface area contributed by atoms with Crippen LogP contribution in [0, 0.1) is 0 Å². The monoisotopic (exact) mass is 257 g/mol. The number of aromatic amines is 1. The molecule has 14 heavy (non-hydrogen) atoms. The second-order valence-electron chi connectivity index (χ2n) is 3.71. The van der Waals surface area contributed by atoms with E-state index in [4.69, 9.17) is 5.11 Å². The summed E-state index contributed by atoms with van der Waals surface area (Å²) >= 11 is 3.25. The number of halogens is 1. The first kappa shape index (κ1) is 9.77. The summed E-state index contributed by atoms with van der Waals surface area (Å²) in [6.07, 6.45) is 6.35. The first-order valence-corrected chi connectivity index (χ1v) is 5.59. The Kier molecular flexibility index (Phi) is 2.63. The molecule has 4 heteroatoms. The predicted octanol–water partition coefficient (Wildman–Crippen LogP) is 3.13. The molecule has 1 fully saturated rings. The van der Waals surface area contributed by atoms with Crippen LogP contribution in [-0.2, 0) is 0 Å². The van der Waals surface area contributed by atoms with Crippen LogP contribution in [0.25, 0.3) is 0 Å². The van der Waals surface area contributed by atoms with Gasteiger partial charge in [0.25, 0.3) is 0 Å². The number of H-pyrrole nitrogens is 1. The van der Waals surface area contributed by atoms with Crippen LogP contribution < -0.4 is 0 Å². The lowest BCUT2D eigenvalue weighted by atomic mass is 10.0. The maximum Gasteiger partial charge on any atom is 0.338 e. The van der Waals surface area contributed by atoms with Gasteiger partial charge in [-0.25, -0.2) is 4.79 Å². The third-order valence-electron chi connectivity index (χ3n) is 2.84. The van der Waals surface area contributed by atoms with E-state index in [0.29, 0.717) is 16.0 Å². The number of aromatic nitrogens is 1. The highest BCUT2D eigenvalue weighted by molar-refractivity contribution is 9.10. The van der Waals surface area contributed by atoms with Gasteiger partial charge in [0.05, 0.1) is 5.56 Å². The Labute approximate surface area is 90.6 Å². The summed E-state index contributed by atoms with van der Waals surface area (Å²) in [5, 5.41) is 9.05. The molecule has 0 aromatic carbocycles. The van der Waals surface area contributed by atoms with Crippen LogP contribution in [-0.4, -0.2) is 16.1 Å². The molecule has 2 rings (SSSR count). The average molecular weight is 258 g/mol. The van der Waals surface area contributed by atoms with E-state index < -0.39 is 5.97 Å². The van der Waals surface area contributed by atoms with Crippen molar-refractivity contribution in [3.63, 3.8) is 0 Å². The van der Waals surface area contributed by atoms with Crippen LogP contribution in [0.5, 0.6) is 0 Å². The predicted molar refractivity (Wildman–Crippen MR) is 56.7 cm³/mol. The molecular formula is C10H12BrNO2. The minimum absolute atomic E-state index is 0.410. The van der Waals surface area contributed by atoms with Gasteiger partial charge in [-0.15, -0.1) is 0 Å². The van der Waals surface area contributed by atoms with Crippen LogP contribution in [0.4, 0.5) is 0 Å². The van der Waals surface area contributed by atoms with Gasteiger partial charge < -0.3 is 10.1 Å². The van der Waals surface area contributed by atoms with Crippen molar-refractivity contribution in [2.24, 2.45) is 0 Å². The van der Waals surface area contributed by atoms with Crippen molar-refractivity contribution in [3.05, 3.63) is 21.9 Å². The Morgan fingerprint density at radius 3 is 2.71 bits per heavy atom. The van der Waals surface area contributed by atoms with Gasteiger partial charge in [-0.3, -0.25) is 0 Å². The van der Waals surface area contributed by atoms with E-state index >= 15 is 0 Å². The molecule has 0 spiro atoms. The number of hydrogen-bond donors (Lipinski definition) is 2. The van der Waals surface area contributed by atoms with Crippen molar-refractivity contribution in [2.75, 3.05) is 0 Å². The fourth-order valence-electron chi connectivity index (χ4n) is 2.17. The molecule has 0 unspecified atom stereocenters. The molecule has 0 amide bonds. The van der Waals surface area contributed by atoms with E-state index in [2.05, 4.69) is 20.9 Å². The Hall–Kier alpha value is -0.770. The number of nitrogens with one attached hydrogen (secondary N) is 1. The molecule has 1 saturated carbocycles. The zero-order valence-corrected chi connectivity index (χ0v) is 9.30. The third kappa shape index (κ3) is 1.59. The standard InChI is InChI=1S/C10H12BrNO2/c11-7-5-12-9(8(7)10(13)14)6-3-1-2-4-6/h5-6,12H,1-4H2,(H,13,14). The van der Waals surface area contributed by atoms with Gasteiger partial charge in [0, 0.05) is 16.4 Å². The summed E-state index contributed by atoms with van der Waals surface area (Å²) < 4.78 is 0.659. The maximum atomic E-state index is 11.0. The van der Waals surface area contributed by atoms with Crippen LogP contribution in [0.1, 0.15) is 47.7 Å². The van der Waals surface area contributed by atoms with Gasteiger partial charge >= 0.3 is 5.97 Å². The molecule has 0 saturated heterocycles. The summed E-state index contributed by atoms with van der Waals surface area (Å²) in [4.78, 5) is 14.1. The van der Waals surface area contributed by atoms with Gasteiger partial charge in [0.15, 0.2) is 0 Å². The molecule has 3 nitrogen and oxygen atoms in total. The highest BCUT2D eigenvalue weighted by Crippen LogP contribution is 2.37. The van der Waals surface area contributed by atoms with Crippen molar-refractivity contribution < 1.29 is 9.90 Å². The molecular weight excluding hydrogens is 246 g/mol. The van der Waals surface area contributed by atoms with E-state index in [-0.39, 0.29) is 0 Å². The van der Waals surface area contributed by atoms with Crippen molar-refractivity contribution >= 4 is 21.9 Å². The molecule has 2 N–H and O–H groups in total. The van der Waals surface area contributed by atoms with Crippen molar-refractivity contribution in [1.29, 1.82) is 0 Å². The topological polar surface area (TPSA) is 53.1 Å². The molecule has 1 aromatic rings. The molecule has 1 aromatic heterocycles. The molecule has 76 valence electrons. The van der Waals surface area contributed by atoms with Crippen molar-refractivity contribution in [2.45, 2.75) is 31.6 Å². The lowest BCUT2D eigenvalue weighted by Gasteiger charge is -2.08. The fraction of sp³-hybridized carbons (Fsp3) is 0.500. The smallest absolute Gasteiger partial charge is 0.338 e. The minimum Gasteiger partial charge on any atom is -0.478 e. The quantitative estimate of drug-likeness (QED) is 0.856. The van der Waals surface area contributed by atoms with Gasteiger partial charge in [-0.05, 0) is 34.7 Å².